The van der Waals surface area contributed by atoms with Gasteiger partial charge in [-0.05, 0) is 0 Å². The molecule has 0 aromatic rings. The molecule has 0 saturated heterocycles. The van der Waals surface area contributed by atoms with Gasteiger partial charge in [0.15, 0.2) is 0 Å². The van der Waals surface area contributed by atoms with E-state index in [1.54, 1.807) is 0 Å². The smallest absolute Gasteiger partial charge is 0.198 e. The van der Waals surface area contributed by atoms with Crippen LogP contribution in [0.3, 0.4) is 0 Å². The molecule has 6 heavy (non-hydrogen) atoms. The fraction of sp³-hybridized carbons (Fsp3) is 0. The van der Waals surface area contributed by atoms with E-state index in [1.165, 1.54) is 0 Å². The molecular weight excluding hydrogens is 107 g/mol. The second kappa shape index (κ2) is 2.56. The average molecular weight is 108 g/mol. The Kier molecular flexibility index (Phi) is 4.11. The minimum atomic E-state index is -5.17. The van der Waals surface area contributed by atoms with Gasteiger partial charge in [0, 0.05) is 18.9 Å². The monoisotopic (exact) mass is 108 g/mol. The molecule has 0 amide bonds. The third-order valence-corrected chi connectivity index (χ3v) is 0. The molecule has 1 N–H and O–H groups in total. The van der Waals surface area contributed by atoms with Gasteiger partial charge in [-0.3, -0.25) is 0 Å². The average Bonchev–Trinajstić information content (AvgIpc) is 0.722. The van der Waals surface area contributed by atoms with E-state index in [0.29, 0.717) is 0 Å². The molecule has 0 heterocycles. The number of hydrogen-bond acceptors (Lipinski definition) is 2. The predicted molar refractivity (Wildman–Crippen MR) is 18.8 cm³/mol. The van der Waals surface area contributed by atoms with Gasteiger partial charge in [-0.2, -0.15) is 8.99 Å². The van der Waals surface area contributed by atoms with Crippen LogP contribution >= 0.6 is 0 Å². The molecule has 0 rings (SSSR count). The van der Waals surface area contributed by atoms with Crippen molar-refractivity contribution in [3.63, 3.8) is 0 Å². The van der Waals surface area contributed by atoms with Crippen LogP contribution in [0.2, 0.25) is 0 Å². The van der Waals surface area contributed by atoms with Crippen LogP contribution in [0.15, 0.2) is 0 Å². The summed E-state index contributed by atoms with van der Waals surface area (Å²) in [5.41, 5.74) is 0. The van der Waals surface area contributed by atoms with Gasteiger partial charge in [0.05, 0.1) is 0 Å². The van der Waals surface area contributed by atoms with Crippen LogP contribution < -0.4 is 0 Å². The fourth-order valence-corrected chi connectivity index (χ4v) is 0. The van der Waals surface area contributed by atoms with Crippen molar-refractivity contribution < 1.29 is 12.0 Å². The Hall–Kier alpha value is 0.407. The van der Waals surface area contributed by atoms with Crippen molar-refractivity contribution in [2.75, 3.05) is 0 Å². The SMILES string of the molecule is N=S(=O)(F)F.[Li]. The molecule has 33 valence electrons. The zero-order chi connectivity index (χ0) is 4.50. The van der Waals surface area contributed by atoms with Crippen LogP contribution in [0.25, 0.3) is 0 Å². The van der Waals surface area contributed by atoms with Crippen molar-refractivity contribution >= 4 is 29.4 Å². The molecule has 0 saturated carbocycles. The molecule has 1 radical (unpaired) electrons. The minimum Gasteiger partial charge on any atom is -0.198 e. The number of nitrogens with one attached hydrogen (secondary N) is 1. The van der Waals surface area contributed by atoms with Crippen LogP contribution in [0.5, 0.6) is 0 Å². The van der Waals surface area contributed by atoms with Gasteiger partial charge in [0.2, 0.25) is 0 Å². The van der Waals surface area contributed by atoms with Crippen molar-refractivity contribution in [3.8, 4) is 0 Å². The summed E-state index contributed by atoms with van der Waals surface area (Å²) in [4.78, 5) is 0. The predicted octanol–water partition coefficient (Wildman–Crippen LogP) is 0.421. The van der Waals surface area contributed by atoms with Gasteiger partial charge in [-0.1, -0.05) is 7.77 Å². The van der Waals surface area contributed by atoms with E-state index in [4.69, 9.17) is 8.99 Å². The summed E-state index contributed by atoms with van der Waals surface area (Å²) >= 11 is 0. The summed E-state index contributed by atoms with van der Waals surface area (Å²) in [5.74, 6) is 0. The van der Waals surface area contributed by atoms with Crippen molar-refractivity contribution in [3.05, 3.63) is 0 Å². The van der Waals surface area contributed by atoms with Crippen molar-refractivity contribution in [2.24, 2.45) is 0 Å². The summed E-state index contributed by atoms with van der Waals surface area (Å²) in [6.45, 7) is 0. The Morgan fingerprint density at radius 3 is 1.50 bits per heavy atom. The number of hydrogen-bond donors (Lipinski definition) is 1. The van der Waals surface area contributed by atoms with E-state index in [0.717, 1.165) is 0 Å². The summed E-state index contributed by atoms with van der Waals surface area (Å²) < 4.78 is 34.1. The van der Waals surface area contributed by atoms with Crippen molar-refractivity contribution in [2.45, 2.75) is 0 Å². The second-order valence-corrected chi connectivity index (χ2v) is 1.27. The third kappa shape index (κ3) is 308. The van der Waals surface area contributed by atoms with Gasteiger partial charge in [-0.15, -0.1) is 0 Å². The molecule has 2 nitrogen and oxygen atoms in total. The maximum atomic E-state index is 10.2. The maximum Gasteiger partial charge on any atom is 0.364 e. The third-order valence-electron chi connectivity index (χ3n) is 0. The second-order valence-electron chi connectivity index (χ2n) is 0.422. The Labute approximate surface area is 46.7 Å². The molecule has 0 unspecified atom stereocenters. The fourth-order valence-electron chi connectivity index (χ4n) is 0. The minimum absolute atomic E-state index is 0. The summed E-state index contributed by atoms with van der Waals surface area (Å²) in [5, 5.41) is 0. The van der Waals surface area contributed by atoms with E-state index in [-0.39, 0.29) is 18.9 Å². The van der Waals surface area contributed by atoms with E-state index in [9.17, 15) is 7.77 Å². The largest absolute Gasteiger partial charge is 0.364 e. The van der Waals surface area contributed by atoms with E-state index in [1.807, 2.05) is 0 Å². The molecule has 0 aliphatic carbocycles. The van der Waals surface area contributed by atoms with E-state index < -0.39 is 10.5 Å². The van der Waals surface area contributed by atoms with Gasteiger partial charge >= 0.3 is 10.5 Å². The van der Waals surface area contributed by atoms with E-state index >= 15 is 0 Å². The molecule has 6 heteroatoms. The zero-order valence-electron chi connectivity index (χ0n) is 3.07. The maximum absolute atomic E-state index is 10.2. The molecule has 0 aliphatic heterocycles. The molecule has 0 aromatic heterocycles. The van der Waals surface area contributed by atoms with Gasteiger partial charge in [0.1, 0.15) is 0 Å². The Morgan fingerprint density at radius 1 is 1.50 bits per heavy atom. The molecule has 0 aliphatic rings. The van der Waals surface area contributed by atoms with Gasteiger partial charge < -0.3 is 0 Å². The van der Waals surface area contributed by atoms with E-state index in [2.05, 4.69) is 0 Å². The molecule has 0 aromatic carbocycles. The number of rotatable bonds is 0. The van der Waals surface area contributed by atoms with Crippen LogP contribution in [-0.2, 0) is 10.5 Å². The Balaban J connectivity index is 0. The molecule has 0 bridgehead atoms. The van der Waals surface area contributed by atoms with Crippen LogP contribution in [0, 0.1) is 4.78 Å². The number of halogens is 2. The summed E-state index contributed by atoms with van der Waals surface area (Å²) in [7, 11) is -5.17. The normalized spacial score (nSPS) is 9.67. The molecule has 0 spiro atoms. The quantitative estimate of drug-likeness (QED) is 0.354. The first-order valence-corrected chi connectivity index (χ1v) is 2.04. The molecular formula is HF2LiNOS. The first-order valence-electron chi connectivity index (χ1n) is 0.679. The first kappa shape index (κ1) is 9.64. The van der Waals surface area contributed by atoms with Gasteiger partial charge in [0.25, 0.3) is 0 Å². The van der Waals surface area contributed by atoms with Crippen LogP contribution in [0.1, 0.15) is 0 Å². The first-order chi connectivity index (χ1) is 2.00. The van der Waals surface area contributed by atoms with Crippen molar-refractivity contribution in [1.82, 2.24) is 0 Å². The molecule has 0 atom stereocenters. The van der Waals surface area contributed by atoms with Crippen LogP contribution in [0.4, 0.5) is 7.77 Å². The Bertz CT molecular complexity index is 96.7. The Morgan fingerprint density at radius 2 is 1.50 bits per heavy atom. The van der Waals surface area contributed by atoms with Gasteiger partial charge in [-0.25, -0.2) is 0 Å². The summed E-state index contributed by atoms with van der Waals surface area (Å²) in [6, 6.07) is 0. The topological polar surface area (TPSA) is 40.9 Å². The van der Waals surface area contributed by atoms with Crippen molar-refractivity contribution in [1.29, 1.82) is 4.78 Å². The standard InChI is InChI=1S/F2HNOS.Li/c1-5(2,3)4;/h3H;. The van der Waals surface area contributed by atoms with Crippen LogP contribution in [-0.4, -0.2) is 23.1 Å². The zero-order valence-corrected chi connectivity index (χ0v) is 3.89. The molecule has 0 fully saturated rings. The summed E-state index contributed by atoms with van der Waals surface area (Å²) in [6.07, 6.45) is 0.